The van der Waals surface area contributed by atoms with Crippen molar-refractivity contribution < 1.29 is 4.74 Å². The topological polar surface area (TPSA) is 38.5 Å². The molecule has 0 aromatic heterocycles. The van der Waals surface area contributed by atoms with E-state index in [-0.39, 0.29) is 0 Å². The Bertz CT molecular complexity index is 415. The number of benzene rings is 1. The molecule has 1 fully saturated rings. The van der Waals surface area contributed by atoms with Crippen molar-refractivity contribution in [2.24, 2.45) is 11.7 Å². The molecule has 0 amide bonds. The summed E-state index contributed by atoms with van der Waals surface area (Å²) in [6.07, 6.45) is 3.51. The number of nitrogens with zero attached hydrogens (tertiary/aromatic N) is 1. The van der Waals surface area contributed by atoms with Crippen molar-refractivity contribution in [2.45, 2.75) is 31.8 Å². The van der Waals surface area contributed by atoms with Crippen LogP contribution in [0, 0.1) is 5.92 Å². The summed E-state index contributed by atoms with van der Waals surface area (Å²) in [6, 6.07) is 9.31. The van der Waals surface area contributed by atoms with Gasteiger partial charge in [0.2, 0.25) is 0 Å². The fourth-order valence-electron chi connectivity index (χ4n) is 3.35. The third-order valence-electron chi connectivity index (χ3n) is 4.57. The quantitative estimate of drug-likeness (QED) is 0.900. The van der Waals surface area contributed by atoms with Gasteiger partial charge in [-0.3, -0.25) is 4.90 Å². The van der Waals surface area contributed by atoms with E-state index in [4.69, 9.17) is 10.5 Å². The molecule has 0 spiro atoms. The summed E-state index contributed by atoms with van der Waals surface area (Å²) >= 11 is 0. The normalized spacial score (nSPS) is 25.2. The zero-order chi connectivity index (χ0) is 13.1. The first-order chi connectivity index (χ1) is 9.36. The summed E-state index contributed by atoms with van der Waals surface area (Å²) in [4.78, 5) is 2.60. The molecule has 1 aromatic carbocycles. The lowest BCUT2D eigenvalue weighted by Gasteiger charge is -2.39. The Kier molecular flexibility index (Phi) is 4.16. The number of nitrogens with two attached hydrogens (primary N) is 1. The minimum Gasteiger partial charge on any atom is -0.381 e. The van der Waals surface area contributed by atoms with E-state index in [0.717, 1.165) is 38.6 Å². The van der Waals surface area contributed by atoms with Crippen LogP contribution in [0.15, 0.2) is 24.3 Å². The maximum Gasteiger partial charge on any atom is 0.0469 e. The van der Waals surface area contributed by atoms with E-state index in [0.29, 0.717) is 6.04 Å². The highest BCUT2D eigenvalue weighted by Gasteiger charge is 2.27. The third-order valence-corrected chi connectivity index (χ3v) is 4.57. The van der Waals surface area contributed by atoms with Gasteiger partial charge in [0.15, 0.2) is 0 Å². The molecule has 0 aliphatic carbocycles. The molecule has 1 aromatic rings. The molecule has 0 saturated carbocycles. The van der Waals surface area contributed by atoms with Crippen LogP contribution in [0.5, 0.6) is 0 Å². The SMILES string of the molecule is NCC1Cc2ccccc2CN1CC1CCOCC1. The van der Waals surface area contributed by atoms with Gasteiger partial charge in [-0.25, -0.2) is 0 Å². The molecule has 3 heteroatoms. The van der Waals surface area contributed by atoms with E-state index in [1.54, 1.807) is 0 Å². The third kappa shape index (κ3) is 2.99. The van der Waals surface area contributed by atoms with Gasteiger partial charge in [0.25, 0.3) is 0 Å². The lowest BCUT2D eigenvalue weighted by Crippen LogP contribution is -2.47. The molecule has 2 heterocycles. The minimum absolute atomic E-state index is 0.512. The average molecular weight is 260 g/mol. The maximum absolute atomic E-state index is 5.99. The molecule has 1 unspecified atom stereocenters. The molecule has 1 saturated heterocycles. The number of hydrogen-bond acceptors (Lipinski definition) is 3. The molecule has 2 aliphatic rings. The lowest BCUT2D eigenvalue weighted by atomic mass is 9.91. The molecular weight excluding hydrogens is 236 g/mol. The van der Waals surface area contributed by atoms with Crippen molar-refractivity contribution in [2.75, 3.05) is 26.3 Å². The predicted octanol–water partition coefficient (Wildman–Crippen LogP) is 1.80. The Morgan fingerprint density at radius 1 is 1.16 bits per heavy atom. The fourth-order valence-corrected chi connectivity index (χ4v) is 3.35. The van der Waals surface area contributed by atoms with Crippen LogP contribution < -0.4 is 5.73 Å². The molecule has 3 rings (SSSR count). The molecule has 19 heavy (non-hydrogen) atoms. The van der Waals surface area contributed by atoms with E-state index < -0.39 is 0 Å². The van der Waals surface area contributed by atoms with Gasteiger partial charge in [0, 0.05) is 38.9 Å². The van der Waals surface area contributed by atoms with Gasteiger partial charge in [0.05, 0.1) is 0 Å². The van der Waals surface area contributed by atoms with E-state index in [9.17, 15) is 0 Å². The Balaban J connectivity index is 1.70. The van der Waals surface area contributed by atoms with E-state index >= 15 is 0 Å². The van der Waals surface area contributed by atoms with Crippen molar-refractivity contribution in [1.29, 1.82) is 0 Å². The minimum atomic E-state index is 0.512. The van der Waals surface area contributed by atoms with Crippen molar-refractivity contribution in [3.8, 4) is 0 Å². The van der Waals surface area contributed by atoms with Crippen LogP contribution in [0.3, 0.4) is 0 Å². The Labute approximate surface area is 115 Å². The van der Waals surface area contributed by atoms with Crippen molar-refractivity contribution in [1.82, 2.24) is 4.90 Å². The van der Waals surface area contributed by atoms with Crippen LogP contribution in [0.2, 0.25) is 0 Å². The van der Waals surface area contributed by atoms with Crippen LogP contribution >= 0.6 is 0 Å². The second-order valence-corrected chi connectivity index (χ2v) is 5.85. The zero-order valence-electron chi connectivity index (χ0n) is 11.6. The van der Waals surface area contributed by atoms with E-state index in [2.05, 4.69) is 29.2 Å². The van der Waals surface area contributed by atoms with Crippen molar-refractivity contribution in [3.63, 3.8) is 0 Å². The first kappa shape index (κ1) is 13.1. The van der Waals surface area contributed by atoms with E-state index in [1.165, 1.54) is 30.5 Å². The Morgan fingerprint density at radius 3 is 2.63 bits per heavy atom. The first-order valence-electron chi connectivity index (χ1n) is 7.45. The summed E-state index contributed by atoms with van der Waals surface area (Å²) in [5, 5.41) is 0. The van der Waals surface area contributed by atoms with Gasteiger partial charge < -0.3 is 10.5 Å². The molecule has 0 bridgehead atoms. The molecule has 3 nitrogen and oxygen atoms in total. The van der Waals surface area contributed by atoms with Gasteiger partial charge in [-0.05, 0) is 36.3 Å². The maximum atomic E-state index is 5.99. The van der Waals surface area contributed by atoms with Gasteiger partial charge in [0.1, 0.15) is 0 Å². The van der Waals surface area contributed by atoms with Crippen LogP contribution in [0.25, 0.3) is 0 Å². The van der Waals surface area contributed by atoms with Crippen LogP contribution in [0.4, 0.5) is 0 Å². The van der Waals surface area contributed by atoms with Gasteiger partial charge in [-0.15, -0.1) is 0 Å². The lowest BCUT2D eigenvalue weighted by molar-refractivity contribution is 0.0420. The summed E-state index contributed by atoms with van der Waals surface area (Å²) < 4.78 is 5.46. The highest BCUT2D eigenvalue weighted by atomic mass is 16.5. The smallest absolute Gasteiger partial charge is 0.0469 e. The second kappa shape index (κ2) is 6.04. The fraction of sp³-hybridized carbons (Fsp3) is 0.625. The standard InChI is InChI=1S/C16H24N2O/c17-10-16-9-14-3-1-2-4-15(14)12-18(16)11-13-5-7-19-8-6-13/h1-4,13,16H,5-12,17H2. The average Bonchev–Trinajstić information content (AvgIpc) is 2.47. The zero-order valence-corrected chi connectivity index (χ0v) is 11.6. The number of rotatable bonds is 3. The summed E-state index contributed by atoms with van der Waals surface area (Å²) in [5.41, 5.74) is 8.96. The van der Waals surface area contributed by atoms with Crippen LogP contribution in [0.1, 0.15) is 24.0 Å². The van der Waals surface area contributed by atoms with Gasteiger partial charge in [-0.1, -0.05) is 24.3 Å². The predicted molar refractivity (Wildman–Crippen MR) is 76.9 cm³/mol. The highest BCUT2D eigenvalue weighted by Crippen LogP contribution is 2.25. The summed E-state index contributed by atoms with van der Waals surface area (Å²) in [6.45, 7) is 4.87. The molecule has 2 aliphatic heterocycles. The Hall–Kier alpha value is -0.900. The van der Waals surface area contributed by atoms with E-state index in [1.807, 2.05) is 0 Å². The molecule has 0 radical (unpaired) electrons. The summed E-state index contributed by atoms with van der Waals surface area (Å²) in [7, 11) is 0. The molecular formula is C16H24N2O. The van der Waals surface area contributed by atoms with Gasteiger partial charge >= 0.3 is 0 Å². The van der Waals surface area contributed by atoms with Gasteiger partial charge in [-0.2, -0.15) is 0 Å². The Morgan fingerprint density at radius 2 is 1.89 bits per heavy atom. The number of hydrogen-bond donors (Lipinski definition) is 1. The number of fused-ring (bicyclic) bond motifs is 1. The second-order valence-electron chi connectivity index (χ2n) is 5.85. The van der Waals surface area contributed by atoms with Crippen molar-refractivity contribution >= 4 is 0 Å². The largest absolute Gasteiger partial charge is 0.381 e. The van der Waals surface area contributed by atoms with Crippen LogP contribution in [-0.2, 0) is 17.7 Å². The summed E-state index contributed by atoms with van der Waals surface area (Å²) in [5.74, 6) is 0.785. The number of ether oxygens (including phenoxy) is 1. The molecule has 1 atom stereocenters. The highest BCUT2D eigenvalue weighted by molar-refractivity contribution is 5.30. The molecule has 2 N–H and O–H groups in total. The monoisotopic (exact) mass is 260 g/mol. The molecule has 104 valence electrons. The first-order valence-corrected chi connectivity index (χ1v) is 7.45. The van der Waals surface area contributed by atoms with Crippen LogP contribution in [-0.4, -0.2) is 37.2 Å². The van der Waals surface area contributed by atoms with Crippen molar-refractivity contribution in [3.05, 3.63) is 35.4 Å².